The zero-order valence-electron chi connectivity index (χ0n) is 10.8. The van der Waals surface area contributed by atoms with Crippen LogP contribution in [0.25, 0.3) is 0 Å². The first-order valence-corrected chi connectivity index (χ1v) is 7.69. The molecule has 0 bridgehead atoms. The molecule has 0 spiro atoms. The Morgan fingerprint density at radius 2 is 2.28 bits per heavy atom. The summed E-state index contributed by atoms with van der Waals surface area (Å²) < 4.78 is 26.6. The summed E-state index contributed by atoms with van der Waals surface area (Å²) in [6.07, 6.45) is 4.19. The first kappa shape index (κ1) is 13.3. The Morgan fingerprint density at radius 1 is 1.50 bits per heavy atom. The summed E-state index contributed by atoms with van der Waals surface area (Å²) in [7, 11) is -1.63. The highest BCUT2D eigenvalue weighted by Gasteiger charge is 2.34. The smallest absolute Gasteiger partial charge is 0.244 e. The molecule has 1 N–H and O–H groups in total. The van der Waals surface area contributed by atoms with Crippen LogP contribution in [0.3, 0.4) is 0 Å². The van der Waals surface area contributed by atoms with Crippen LogP contribution in [0.2, 0.25) is 0 Å². The molecule has 0 saturated carbocycles. The Balaban J connectivity index is 2.29. The van der Waals surface area contributed by atoms with E-state index < -0.39 is 10.0 Å². The quantitative estimate of drug-likeness (QED) is 0.903. The molecule has 1 fully saturated rings. The number of nitrogens with one attached hydrogen (secondary N) is 1. The van der Waals surface area contributed by atoms with Crippen LogP contribution in [0.5, 0.6) is 0 Å². The fraction of sp³-hybridized carbons (Fsp3) is 0.583. The maximum Gasteiger partial charge on any atom is 0.244 e. The van der Waals surface area contributed by atoms with Crippen molar-refractivity contribution in [2.75, 3.05) is 18.9 Å². The largest absolute Gasteiger partial charge is 0.373 e. The lowest BCUT2D eigenvalue weighted by Crippen LogP contribution is -2.35. The minimum atomic E-state index is -3.38. The Hall–Kier alpha value is -1.14. The van der Waals surface area contributed by atoms with E-state index in [9.17, 15) is 8.42 Å². The second-order valence-corrected chi connectivity index (χ2v) is 6.34. The van der Waals surface area contributed by atoms with Gasteiger partial charge < -0.3 is 5.32 Å². The number of hydrogen-bond donors (Lipinski definition) is 1. The molecule has 1 aromatic rings. The molecule has 100 valence electrons. The highest BCUT2D eigenvalue weighted by atomic mass is 32.2. The van der Waals surface area contributed by atoms with E-state index in [1.165, 1.54) is 6.20 Å². The lowest BCUT2D eigenvalue weighted by molar-refractivity contribution is 0.379. The van der Waals surface area contributed by atoms with Crippen LogP contribution in [0.4, 0.5) is 5.82 Å². The number of aromatic nitrogens is 1. The Morgan fingerprint density at radius 3 is 2.83 bits per heavy atom. The summed E-state index contributed by atoms with van der Waals surface area (Å²) in [4.78, 5) is 4.35. The van der Waals surface area contributed by atoms with Crippen LogP contribution in [0.15, 0.2) is 23.2 Å². The minimum absolute atomic E-state index is 0.138. The van der Waals surface area contributed by atoms with Crippen molar-refractivity contribution in [2.45, 2.75) is 37.1 Å². The Bertz CT molecular complexity index is 499. The van der Waals surface area contributed by atoms with Gasteiger partial charge in [-0.1, -0.05) is 6.92 Å². The molecule has 1 saturated heterocycles. The SMILES string of the molecule is CCC1CCCN1S(=O)(=O)c1ccc(NC)nc1. The molecule has 0 radical (unpaired) electrons. The Labute approximate surface area is 108 Å². The normalized spacial score (nSPS) is 21.1. The second-order valence-electron chi connectivity index (χ2n) is 4.45. The maximum absolute atomic E-state index is 12.5. The minimum Gasteiger partial charge on any atom is -0.373 e. The summed E-state index contributed by atoms with van der Waals surface area (Å²) in [6.45, 7) is 2.65. The zero-order chi connectivity index (χ0) is 13.2. The van der Waals surface area contributed by atoms with Gasteiger partial charge in [-0.05, 0) is 31.4 Å². The highest BCUT2D eigenvalue weighted by Crippen LogP contribution is 2.27. The van der Waals surface area contributed by atoms with Crippen LogP contribution >= 0.6 is 0 Å². The zero-order valence-corrected chi connectivity index (χ0v) is 11.6. The van der Waals surface area contributed by atoms with Gasteiger partial charge >= 0.3 is 0 Å². The maximum atomic E-state index is 12.5. The molecule has 5 nitrogen and oxygen atoms in total. The second kappa shape index (κ2) is 5.24. The van der Waals surface area contributed by atoms with Gasteiger partial charge in [0.25, 0.3) is 0 Å². The average molecular weight is 269 g/mol. The molecule has 1 aliphatic rings. The van der Waals surface area contributed by atoms with E-state index in [1.54, 1.807) is 23.5 Å². The first-order chi connectivity index (χ1) is 8.59. The molecular formula is C12H19N3O2S. The Kier molecular flexibility index (Phi) is 3.87. The summed E-state index contributed by atoms with van der Waals surface area (Å²) in [6, 6.07) is 3.43. The number of pyridine rings is 1. The fourth-order valence-corrected chi connectivity index (χ4v) is 4.06. The van der Waals surface area contributed by atoms with E-state index in [0.717, 1.165) is 19.3 Å². The van der Waals surface area contributed by atoms with E-state index >= 15 is 0 Å². The van der Waals surface area contributed by atoms with Crippen molar-refractivity contribution in [2.24, 2.45) is 0 Å². The van der Waals surface area contributed by atoms with Gasteiger partial charge in [-0.2, -0.15) is 4.31 Å². The van der Waals surface area contributed by atoms with Gasteiger partial charge in [0.1, 0.15) is 10.7 Å². The molecule has 1 aliphatic heterocycles. The van der Waals surface area contributed by atoms with Gasteiger partial charge in [0.05, 0.1) is 0 Å². The van der Waals surface area contributed by atoms with E-state index in [2.05, 4.69) is 10.3 Å². The topological polar surface area (TPSA) is 62.3 Å². The van der Waals surface area contributed by atoms with Gasteiger partial charge in [0.15, 0.2) is 0 Å². The highest BCUT2D eigenvalue weighted by molar-refractivity contribution is 7.89. The van der Waals surface area contributed by atoms with Gasteiger partial charge in [-0.25, -0.2) is 13.4 Å². The number of anilines is 1. The number of sulfonamides is 1. The molecule has 2 rings (SSSR count). The van der Waals surface area contributed by atoms with E-state index in [0.29, 0.717) is 12.4 Å². The number of nitrogens with zero attached hydrogens (tertiary/aromatic N) is 2. The van der Waals surface area contributed by atoms with Gasteiger partial charge in [0, 0.05) is 25.8 Å². The predicted octanol–water partition coefficient (Wildman–Crippen LogP) is 1.69. The third kappa shape index (κ3) is 2.35. The molecule has 0 aromatic carbocycles. The van der Waals surface area contributed by atoms with Crippen molar-refractivity contribution in [1.82, 2.24) is 9.29 Å². The van der Waals surface area contributed by atoms with Crippen molar-refractivity contribution in [3.63, 3.8) is 0 Å². The van der Waals surface area contributed by atoms with Crippen molar-refractivity contribution < 1.29 is 8.42 Å². The van der Waals surface area contributed by atoms with Crippen molar-refractivity contribution >= 4 is 15.8 Å². The predicted molar refractivity (Wildman–Crippen MR) is 71.0 cm³/mol. The molecule has 1 aromatic heterocycles. The van der Waals surface area contributed by atoms with E-state index in [4.69, 9.17) is 0 Å². The first-order valence-electron chi connectivity index (χ1n) is 6.25. The monoisotopic (exact) mass is 269 g/mol. The van der Waals surface area contributed by atoms with Crippen molar-refractivity contribution in [3.8, 4) is 0 Å². The summed E-state index contributed by atoms with van der Waals surface area (Å²) in [5.41, 5.74) is 0. The van der Waals surface area contributed by atoms with Crippen molar-refractivity contribution in [3.05, 3.63) is 18.3 Å². The molecule has 1 unspecified atom stereocenters. The average Bonchev–Trinajstić information content (AvgIpc) is 2.88. The summed E-state index contributed by atoms with van der Waals surface area (Å²) in [5, 5.41) is 2.88. The molecular weight excluding hydrogens is 250 g/mol. The lowest BCUT2D eigenvalue weighted by Gasteiger charge is -2.22. The van der Waals surface area contributed by atoms with E-state index in [-0.39, 0.29) is 10.9 Å². The van der Waals surface area contributed by atoms with Gasteiger partial charge in [-0.3, -0.25) is 0 Å². The van der Waals surface area contributed by atoms with Crippen molar-refractivity contribution in [1.29, 1.82) is 0 Å². The molecule has 2 heterocycles. The molecule has 0 aliphatic carbocycles. The standard InChI is InChI=1S/C12H19N3O2S/c1-3-10-5-4-8-15(10)18(16,17)11-6-7-12(13-2)14-9-11/h6-7,9-10H,3-5,8H2,1-2H3,(H,13,14). The van der Waals surface area contributed by atoms with Crippen LogP contribution in [0.1, 0.15) is 26.2 Å². The third-order valence-electron chi connectivity index (χ3n) is 3.39. The number of rotatable bonds is 4. The molecule has 0 amide bonds. The number of hydrogen-bond acceptors (Lipinski definition) is 4. The van der Waals surface area contributed by atoms with Gasteiger partial charge in [0.2, 0.25) is 10.0 Å². The van der Waals surface area contributed by atoms with Crippen LogP contribution in [0, 0.1) is 0 Å². The summed E-state index contributed by atoms with van der Waals surface area (Å²) in [5.74, 6) is 0.669. The fourth-order valence-electron chi connectivity index (χ4n) is 2.35. The van der Waals surface area contributed by atoms with Crippen LogP contribution < -0.4 is 5.32 Å². The molecule has 6 heteroatoms. The summed E-state index contributed by atoms with van der Waals surface area (Å²) >= 11 is 0. The third-order valence-corrected chi connectivity index (χ3v) is 5.33. The van der Waals surface area contributed by atoms with Crippen LogP contribution in [-0.4, -0.2) is 37.3 Å². The van der Waals surface area contributed by atoms with Gasteiger partial charge in [-0.15, -0.1) is 0 Å². The molecule has 1 atom stereocenters. The molecule has 18 heavy (non-hydrogen) atoms. The van der Waals surface area contributed by atoms with Crippen LogP contribution in [-0.2, 0) is 10.0 Å². The van der Waals surface area contributed by atoms with E-state index in [1.807, 2.05) is 6.92 Å². The lowest BCUT2D eigenvalue weighted by atomic mass is 10.2.